The first-order chi connectivity index (χ1) is 19.0. The smallest absolute Gasteiger partial charge is 0.408 e. The van der Waals surface area contributed by atoms with Gasteiger partial charge in [0.25, 0.3) is 0 Å². The Morgan fingerprint density at radius 1 is 0.950 bits per heavy atom. The Bertz CT molecular complexity index is 917. The minimum atomic E-state index is -0.814. The minimum Gasteiger partial charge on any atom is -0.444 e. The van der Waals surface area contributed by atoms with Crippen LogP contribution < -0.4 is 10.6 Å². The van der Waals surface area contributed by atoms with E-state index in [2.05, 4.69) is 24.5 Å². The van der Waals surface area contributed by atoms with Gasteiger partial charge in [-0.3, -0.25) is 9.59 Å². The number of alkyl carbamates (subject to hydrolysis) is 1. The average Bonchev–Trinajstić information content (AvgIpc) is 2.90. The Morgan fingerprint density at radius 3 is 2.12 bits per heavy atom. The van der Waals surface area contributed by atoms with E-state index in [4.69, 9.17) is 4.74 Å². The molecule has 0 aromatic heterocycles. The van der Waals surface area contributed by atoms with Crippen LogP contribution in [0.2, 0.25) is 0 Å². The fraction of sp³-hybridized carbons (Fsp3) is 0.727. The number of unbranched alkanes of at least 4 members (excludes halogenated alkanes) is 4. The van der Waals surface area contributed by atoms with E-state index >= 15 is 0 Å². The van der Waals surface area contributed by atoms with E-state index < -0.39 is 23.8 Å². The van der Waals surface area contributed by atoms with E-state index in [1.54, 1.807) is 25.7 Å². The van der Waals surface area contributed by atoms with Crippen LogP contribution in [0.25, 0.3) is 0 Å². The molecule has 2 unspecified atom stereocenters. The molecule has 0 radical (unpaired) electrons. The number of benzene rings is 1. The maximum atomic E-state index is 14.3. The van der Waals surface area contributed by atoms with Crippen molar-refractivity contribution in [1.29, 1.82) is 0 Å². The van der Waals surface area contributed by atoms with E-state index in [9.17, 15) is 14.4 Å². The summed E-state index contributed by atoms with van der Waals surface area (Å²) in [5, 5.41) is 6.11. The highest BCUT2D eigenvalue weighted by Crippen LogP contribution is 2.27. The third-order valence-corrected chi connectivity index (χ3v) is 7.61. The van der Waals surface area contributed by atoms with Crippen LogP contribution in [0.3, 0.4) is 0 Å². The summed E-state index contributed by atoms with van der Waals surface area (Å²) in [6, 6.07) is 6.58. The molecular formula is C33H55N3O4. The summed E-state index contributed by atoms with van der Waals surface area (Å²) in [6.45, 7) is 13.9. The Kier molecular flexibility index (Phi) is 14.0. The number of aryl methyl sites for hydroxylation is 1. The summed E-state index contributed by atoms with van der Waals surface area (Å²) in [6.07, 6.45) is 10.8. The molecule has 0 heterocycles. The molecule has 7 heteroatoms. The van der Waals surface area contributed by atoms with Crippen molar-refractivity contribution in [3.8, 4) is 0 Å². The van der Waals surface area contributed by atoms with Gasteiger partial charge in [0.1, 0.15) is 17.7 Å². The van der Waals surface area contributed by atoms with Gasteiger partial charge in [0.2, 0.25) is 11.8 Å². The second kappa shape index (κ2) is 16.6. The number of rotatable bonds is 14. The van der Waals surface area contributed by atoms with Crippen molar-refractivity contribution in [1.82, 2.24) is 15.5 Å². The highest BCUT2D eigenvalue weighted by molar-refractivity contribution is 5.92. The predicted molar refractivity (Wildman–Crippen MR) is 162 cm³/mol. The van der Waals surface area contributed by atoms with Crippen molar-refractivity contribution in [2.24, 2.45) is 5.92 Å². The third kappa shape index (κ3) is 11.1. The Hall–Kier alpha value is -2.57. The van der Waals surface area contributed by atoms with Gasteiger partial charge < -0.3 is 20.3 Å². The van der Waals surface area contributed by atoms with Crippen LogP contribution in [-0.2, 0) is 20.7 Å². The molecular weight excluding hydrogens is 502 g/mol. The lowest BCUT2D eigenvalue weighted by Crippen LogP contribution is -2.55. The van der Waals surface area contributed by atoms with Crippen LogP contribution in [0.15, 0.2) is 24.3 Å². The van der Waals surface area contributed by atoms with E-state index in [1.807, 2.05) is 38.1 Å². The molecule has 0 bridgehead atoms. The highest BCUT2D eigenvalue weighted by atomic mass is 16.6. The second-order valence-corrected chi connectivity index (χ2v) is 12.7. The number of ether oxygens (including phenoxy) is 1. The van der Waals surface area contributed by atoms with Gasteiger partial charge in [0.05, 0.1) is 0 Å². The number of nitrogens with one attached hydrogen (secondary N) is 2. The van der Waals surface area contributed by atoms with Gasteiger partial charge in [-0.2, -0.15) is 0 Å². The zero-order chi connectivity index (χ0) is 29.7. The highest BCUT2D eigenvalue weighted by Gasteiger charge is 2.38. The molecule has 1 aliphatic rings. The molecule has 1 fully saturated rings. The fourth-order valence-corrected chi connectivity index (χ4v) is 5.31. The Labute approximate surface area is 243 Å². The van der Waals surface area contributed by atoms with Crippen LogP contribution >= 0.6 is 0 Å². The van der Waals surface area contributed by atoms with Crippen LogP contribution in [0.5, 0.6) is 0 Å². The van der Waals surface area contributed by atoms with Gasteiger partial charge in [-0.25, -0.2) is 4.79 Å². The van der Waals surface area contributed by atoms with Gasteiger partial charge in [-0.05, 0) is 63.5 Å². The van der Waals surface area contributed by atoms with Gasteiger partial charge in [0, 0.05) is 12.6 Å². The fourth-order valence-electron chi connectivity index (χ4n) is 5.31. The van der Waals surface area contributed by atoms with Crippen molar-refractivity contribution >= 4 is 17.9 Å². The Morgan fingerprint density at radius 2 is 1.57 bits per heavy atom. The lowest BCUT2D eigenvalue weighted by molar-refractivity contribution is -0.143. The molecule has 0 saturated heterocycles. The number of hydrogen-bond donors (Lipinski definition) is 2. The third-order valence-electron chi connectivity index (χ3n) is 7.61. The molecule has 226 valence electrons. The topological polar surface area (TPSA) is 87.7 Å². The Balaban J connectivity index is 2.44. The maximum Gasteiger partial charge on any atom is 0.408 e. The number of nitrogens with zero attached hydrogens (tertiary/aromatic N) is 1. The summed E-state index contributed by atoms with van der Waals surface area (Å²) in [7, 11) is 0. The quantitative estimate of drug-likeness (QED) is 0.239. The number of hydrogen-bond acceptors (Lipinski definition) is 4. The first-order valence-electron chi connectivity index (χ1n) is 15.7. The molecule has 1 aromatic carbocycles. The molecule has 3 amide bonds. The normalized spacial score (nSPS) is 15.8. The first-order valence-corrected chi connectivity index (χ1v) is 15.7. The van der Waals surface area contributed by atoms with Gasteiger partial charge in [-0.1, -0.05) is 96.9 Å². The molecule has 1 aliphatic carbocycles. The first kappa shape index (κ1) is 33.6. The average molecular weight is 558 g/mol. The van der Waals surface area contributed by atoms with Crippen LogP contribution in [0, 0.1) is 5.92 Å². The van der Waals surface area contributed by atoms with E-state index in [0.717, 1.165) is 69.8 Å². The minimum absolute atomic E-state index is 0.126. The zero-order valence-corrected chi connectivity index (χ0v) is 26.2. The van der Waals surface area contributed by atoms with Crippen molar-refractivity contribution in [2.45, 2.75) is 143 Å². The second-order valence-electron chi connectivity index (χ2n) is 12.7. The summed E-state index contributed by atoms with van der Waals surface area (Å²) in [5.41, 5.74) is 1.29. The molecule has 2 rings (SSSR count). The van der Waals surface area contributed by atoms with E-state index in [0.29, 0.717) is 6.54 Å². The summed E-state index contributed by atoms with van der Waals surface area (Å²) >= 11 is 0. The van der Waals surface area contributed by atoms with E-state index in [-0.39, 0.29) is 23.8 Å². The SMILES string of the molecule is CCCCCCCN(C(=O)C(NC(=O)OC(C)(C)C)C(C)C)C(C(=O)NC1CCCCC1)c1ccc(CC)cc1. The van der Waals surface area contributed by atoms with Crippen LogP contribution in [-0.4, -0.2) is 47.0 Å². The summed E-state index contributed by atoms with van der Waals surface area (Å²) in [4.78, 5) is 42.8. The summed E-state index contributed by atoms with van der Waals surface area (Å²) < 4.78 is 5.49. The molecule has 40 heavy (non-hydrogen) atoms. The van der Waals surface area contributed by atoms with Crippen LogP contribution in [0.4, 0.5) is 4.79 Å². The standard InChI is InChI=1S/C33H55N3O4/c1-8-10-11-12-16-23-36(31(38)28(24(3)4)35-32(39)40-33(5,6)7)29(26-21-19-25(9-2)20-22-26)30(37)34-27-17-14-13-15-18-27/h19-22,24,27-29H,8-18,23H2,1-7H3,(H,34,37)(H,35,39). The van der Waals surface area contributed by atoms with Crippen molar-refractivity contribution in [2.75, 3.05) is 6.54 Å². The van der Waals surface area contributed by atoms with E-state index in [1.165, 1.54) is 12.0 Å². The molecule has 7 nitrogen and oxygen atoms in total. The van der Waals surface area contributed by atoms with Gasteiger partial charge in [-0.15, -0.1) is 0 Å². The molecule has 2 N–H and O–H groups in total. The largest absolute Gasteiger partial charge is 0.444 e. The lowest BCUT2D eigenvalue weighted by atomic mass is 9.94. The zero-order valence-electron chi connectivity index (χ0n) is 26.2. The molecule has 0 aliphatic heterocycles. The van der Waals surface area contributed by atoms with Crippen molar-refractivity contribution < 1.29 is 19.1 Å². The number of amides is 3. The molecule has 1 aromatic rings. The monoisotopic (exact) mass is 557 g/mol. The predicted octanol–water partition coefficient (Wildman–Crippen LogP) is 7.09. The van der Waals surface area contributed by atoms with Gasteiger partial charge >= 0.3 is 6.09 Å². The van der Waals surface area contributed by atoms with Crippen molar-refractivity contribution in [3.05, 3.63) is 35.4 Å². The number of carbonyl (C=O) groups excluding carboxylic acids is 3. The maximum absolute atomic E-state index is 14.3. The summed E-state index contributed by atoms with van der Waals surface area (Å²) in [5.74, 6) is -0.579. The van der Waals surface area contributed by atoms with Crippen LogP contribution in [0.1, 0.15) is 130 Å². The van der Waals surface area contributed by atoms with Crippen molar-refractivity contribution in [3.63, 3.8) is 0 Å². The molecule has 1 saturated carbocycles. The molecule has 0 spiro atoms. The lowest BCUT2D eigenvalue weighted by Gasteiger charge is -2.36. The van der Waals surface area contributed by atoms with Gasteiger partial charge in [0.15, 0.2) is 0 Å². The molecule has 2 atom stereocenters. The number of carbonyl (C=O) groups is 3.